The molecule has 0 amide bonds. The number of halogens is 1. The molecule has 0 spiro atoms. The van der Waals surface area contributed by atoms with Crippen LogP contribution in [0.2, 0.25) is 0 Å². The van der Waals surface area contributed by atoms with Crippen LogP contribution in [0, 0.1) is 20.8 Å². The lowest BCUT2D eigenvalue weighted by atomic mass is 10.1. The molecular weight excluding hydrogens is 330 g/mol. The van der Waals surface area contributed by atoms with Crippen molar-refractivity contribution in [1.82, 2.24) is 15.1 Å². The van der Waals surface area contributed by atoms with Gasteiger partial charge in [-0.2, -0.15) is 5.10 Å². The van der Waals surface area contributed by atoms with E-state index in [4.69, 9.17) is 4.74 Å². The third kappa shape index (κ3) is 3.73. The fourth-order valence-corrected chi connectivity index (χ4v) is 2.53. The molecule has 0 bridgehead atoms. The van der Waals surface area contributed by atoms with Crippen LogP contribution in [0.15, 0.2) is 22.7 Å². The van der Waals surface area contributed by atoms with E-state index in [9.17, 15) is 0 Å². The maximum atomic E-state index is 5.04. The molecule has 0 aliphatic heterocycles. The number of methoxy groups -OCH3 is 1. The van der Waals surface area contributed by atoms with Gasteiger partial charge in [0.15, 0.2) is 0 Å². The molecule has 0 aliphatic rings. The van der Waals surface area contributed by atoms with Gasteiger partial charge in [0.2, 0.25) is 0 Å². The number of hydrogen-bond acceptors (Lipinski definition) is 3. The van der Waals surface area contributed by atoms with Crippen LogP contribution in [0.5, 0.6) is 0 Å². The van der Waals surface area contributed by atoms with E-state index < -0.39 is 0 Å². The average molecular weight is 352 g/mol. The highest BCUT2D eigenvalue weighted by Crippen LogP contribution is 2.24. The molecule has 0 saturated heterocycles. The minimum Gasteiger partial charge on any atom is -0.383 e. The molecule has 0 fully saturated rings. The molecule has 114 valence electrons. The van der Waals surface area contributed by atoms with E-state index in [1.807, 2.05) is 11.6 Å². The molecule has 4 nitrogen and oxygen atoms in total. The number of benzene rings is 1. The van der Waals surface area contributed by atoms with Crippen LogP contribution in [0.25, 0.3) is 5.69 Å². The van der Waals surface area contributed by atoms with Gasteiger partial charge in [-0.15, -0.1) is 0 Å². The molecule has 5 heteroatoms. The van der Waals surface area contributed by atoms with Gasteiger partial charge in [-0.1, -0.05) is 6.07 Å². The Bertz CT molecular complexity index is 622. The summed E-state index contributed by atoms with van der Waals surface area (Å²) in [5.41, 5.74) is 5.80. The SMILES string of the molecule is COCCNCc1ccc(-n2nc(C)c(Br)c2C)cc1C. The Morgan fingerprint density at radius 1 is 1.29 bits per heavy atom. The fraction of sp³-hybridized carbons (Fsp3) is 0.438. The van der Waals surface area contributed by atoms with Crippen molar-refractivity contribution in [3.05, 3.63) is 45.2 Å². The number of rotatable bonds is 6. The summed E-state index contributed by atoms with van der Waals surface area (Å²) in [6.45, 7) is 8.67. The zero-order valence-corrected chi connectivity index (χ0v) is 14.6. The number of aryl methyl sites for hydroxylation is 2. The summed E-state index contributed by atoms with van der Waals surface area (Å²) in [7, 11) is 1.72. The zero-order chi connectivity index (χ0) is 15.4. The summed E-state index contributed by atoms with van der Waals surface area (Å²) >= 11 is 3.57. The molecule has 2 rings (SSSR count). The number of nitrogens with zero attached hydrogens (tertiary/aromatic N) is 2. The first-order valence-corrected chi connectivity index (χ1v) is 7.85. The second-order valence-electron chi connectivity index (χ2n) is 5.18. The van der Waals surface area contributed by atoms with Crippen molar-refractivity contribution in [3.63, 3.8) is 0 Å². The molecule has 0 aliphatic carbocycles. The fourth-order valence-electron chi connectivity index (χ4n) is 2.28. The Balaban J connectivity index is 2.16. The second-order valence-corrected chi connectivity index (χ2v) is 5.97. The second kappa shape index (κ2) is 7.20. The standard InChI is InChI=1S/C16H22BrN3O/c1-11-9-15(20-13(3)16(17)12(2)19-20)6-5-14(11)10-18-7-8-21-4/h5-6,9,18H,7-8,10H2,1-4H3. The maximum Gasteiger partial charge on any atom is 0.0743 e. The van der Waals surface area contributed by atoms with Gasteiger partial charge >= 0.3 is 0 Å². The summed E-state index contributed by atoms with van der Waals surface area (Å²) in [5, 5.41) is 7.95. The lowest BCUT2D eigenvalue weighted by Gasteiger charge is -2.11. The van der Waals surface area contributed by atoms with Crippen LogP contribution in [0.1, 0.15) is 22.5 Å². The van der Waals surface area contributed by atoms with Crippen molar-refractivity contribution in [2.75, 3.05) is 20.3 Å². The van der Waals surface area contributed by atoms with Gasteiger partial charge in [-0.25, -0.2) is 4.68 Å². The topological polar surface area (TPSA) is 39.1 Å². The van der Waals surface area contributed by atoms with Gasteiger partial charge in [-0.3, -0.25) is 0 Å². The van der Waals surface area contributed by atoms with Crippen molar-refractivity contribution < 1.29 is 4.74 Å². The minimum absolute atomic E-state index is 0.733. The molecule has 0 unspecified atom stereocenters. The van der Waals surface area contributed by atoms with Crippen LogP contribution in [-0.4, -0.2) is 30.0 Å². The number of ether oxygens (including phenoxy) is 1. The summed E-state index contributed by atoms with van der Waals surface area (Å²) in [4.78, 5) is 0. The molecule has 1 N–H and O–H groups in total. The molecular formula is C16H22BrN3O. The quantitative estimate of drug-likeness (QED) is 0.811. The van der Waals surface area contributed by atoms with E-state index in [0.717, 1.165) is 41.2 Å². The molecule has 1 aromatic heterocycles. The van der Waals surface area contributed by atoms with Gasteiger partial charge in [0.25, 0.3) is 0 Å². The molecule has 21 heavy (non-hydrogen) atoms. The third-order valence-corrected chi connectivity index (χ3v) is 4.72. The first-order chi connectivity index (χ1) is 10.0. The van der Waals surface area contributed by atoms with E-state index in [1.54, 1.807) is 7.11 Å². The van der Waals surface area contributed by atoms with Crippen LogP contribution < -0.4 is 5.32 Å². The van der Waals surface area contributed by atoms with Gasteiger partial charge < -0.3 is 10.1 Å². The van der Waals surface area contributed by atoms with Crippen molar-refractivity contribution in [2.24, 2.45) is 0 Å². The first kappa shape index (κ1) is 16.2. The highest BCUT2D eigenvalue weighted by Gasteiger charge is 2.11. The third-order valence-electron chi connectivity index (χ3n) is 3.57. The van der Waals surface area contributed by atoms with E-state index in [2.05, 4.69) is 58.4 Å². The molecule has 0 radical (unpaired) electrons. The van der Waals surface area contributed by atoms with Crippen LogP contribution in [-0.2, 0) is 11.3 Å². The normalized spacial score (nSPS) is 11.1. The van der Waals surface area contributed by atoms with Crippen molar-refractivity contribution in [2.45, 2.75) is 27.3 Å². The molecule has 1 heterocycles. The van der Waals surface area contributed by atoms with Gasteiger partial charge in [0.1, 0.15) is 0 Å². The van der Waals surface area contributed by atoms with Gasteiger partial charge in [0, 0.05) is 20.2 Å². The van der Waals surface area contributed by atoms with E-state index in [-0.39, 0.29) is 0 Å². The lowest BCUT2D eigenvalue weighted by molar-refractivity contribution is 0.199. The van der Waals surface area contributed by atoms with E-state index >= 15 is 0 Å². The number of nitrogens with one attached hydrogen (secondary N) is 1. The molecule has 2 aromatic rings. The van der Waals surface area contributed by atoms with Crippen molar-refractivity contribution in [3.8, 4) is 5.69 Å². The largest absolute Gasteiger partial charge is 0.383 e. The maximum absolute atomic E-state index is 5.04. The van der Waals surface area contributed by atoms with Crippen LogP contribution in [0.3, 0.4) is 0 Å². The highest BCUT2D eigenvalue weighted by atomic mass is 79.9. The van der Waals surface area contributed by atoms with Gasteiger partial charge in [0.05, 0.1) is 28.2 Å². The minimum atomic E-state index is 0.733. The molecule has 0 atom stereocenters. The van der Waals surface area contributed by atoms with E-state index in [1.165, 1.54) is 11.1 Å². The van der Waals surface area contributed by atoms with Gasteiger partial charge in [-0.05, 0) is 60.0 Å². The molecule has 0 saturated carbocycles. The van der Waals surface area contributed by atoms with Crippen molar-refractivity contribution >= 4 is 15.9 Å². The Morgan fingerprint density at radius 2 is 2.05 bits per heavy atom. The van der Waals surface area contributed by atoms with Crippen molar-refractivity contribution in [1.29, 1.82) is 0 Å². The van der Waals surface area contributed by atoms with Crippen LogP contribution in [0.4, 0.5) is 0 Å². The first-order valence-electron chi connectivity index (χ1n) is 7.06. The summed E-state index contributed by atoms with van der Waals surface area (Å²) in [6.07, 6.45) is 0. The average Bonchev–Trinajstić information content (AvgIpc) is 2.72. The molecule has 1 aromatic carbocycles. The summed E-state index contributed by atoms with van der Waals surface area (Å²) in [6, 6.07) is 6.46. The van der Waals surface area contributed by atoms with Crippen LogP contribution >= 0.6 is 15.9 Å². The zero-order valence-electron chi connectivity index (χ0n) is 13.0. The Labute approximate surface area is 134 Å². The number of aromatic nitrogens is 2. The number of hydrogen-bond donors (Lipinski definition) is 1. The monoisotopic (exact) mass is 351 g/mol. The highest BCUT2D eigenvalue weighted by molar-refractivity contribution is 9.10. The lowest BCUT2D eigenvalue weighted by Crippen LogP contribution is -2.19. The smallest absolute Gasteiger partial charge is 0.0743 e. The Kier molecular flexibility index (Phi) is 5.56. The Morgan fingerprint density at radius 3 is 2.62 bits per heavy atom. The predicted molar refractivity (Wildman–Crippen MR) is 89.1 cm³/mol. The Hall–Kier alpha value is -1.17. The summed E-state index contributed by atoms with van der Waals surface area (Å²) < 4.78 is 8.09. The predicted octanol–water partition coefficient (Wildman–Crippen LogP) is 3.30. The summed E-state index contributed by atoms with van der Waals surface area (Å²) in [5.74, 6) is 0. The van der Waals surface area contributed by atoms with E-state index in [0.29, 0.717) is 0 Å².